The number of hydrogen-bond acceptors (Lipinski definition) is 4. The molecule has 0 spiro atoms. The molecule has 0 saturated carbocycles. The van der Waals surface area contributed by atoms with Crippen molar-refractivity contribution >= 4 is 5.69 Å². The summed E-state index contributed by atoms with van der Waals surface area (Å²) in [6, 6.07) is 4.81. The molecule has 1 aromatic heterocycles. The molecular weight excluding hydrogens is 261 g/mol. The van der Waals surface area contributed by atoms with Gasteiger partial charge in [0, 0.05) is 12.2 Å². The minimum Gasteiger partial charge on any atom is -0.494 e. The lowest BCUT2D eigenvalue weighted by atomic mass is 10.1. The van der Waals surface area contributed by atoms with Gasteiger partial charge in [-0.3, -0.25) is 4.68 Å². The second-order valence-corrected chi connectivity index (χ2v) is 4.48. The fourth-order valence-corrected chi connectivity index (χ4v) is 1.95. The molecule has 0 aliphatic rings. The number of rotatable bonds is 6. The third-order valence-corrected chi connectivity index (χ3v) is 3.02. The van der Waals surface area contributed by atoms with Crippen molar-refractivity contribution in [3.05, 3.63) is 42.0 Å². The first-order chi connectivity index (χ1) is 9.63. The van der Waals surface area contributed by atoms with Crippen molar-refractivity contribution in [3.8, 4) is 5.75 Å². The Morgan fingerprint density at radius 2 is 2.30 bits per heavy atom. The molecule has 0 bridgehead atoms. The van der Waals surface area contributed by atoms with Crippen LogP contribution in [0.5, 0.6) is 5.75 Å². The third-order valence-electron chi connectivity index (χ3n) is 3.02. The van der Waals surface area contributed by atoms with Gasteiger partial charge in [0.05, 0.1) is 32.1 Å². The molecular formula is C14H18FN3O2. The number of nitrogens with zero attached hydrogens (tertiary/aromatic N) is 2. The van der Waals surface area contributed by atoms with Gasteiger partial charge in [-0.2, -0.15) is 5.10 Å². The van der Waals surface area contributed by atoms with E-state index in [0.29, 0.717) is 6.54 Å². The Balaban J connectivity index is 2.06. The summed E-state index contributed by atoms with van der Waals surface area (Å²) in [5.74, 6) is -0.147. The second kappa shape index (κ2) is 6.38. The quantitative estimate of drug-likeness (QED) is 0.851. The molecule has 5 nitrogen and oxygen atoms in total. The SMILES string of the molecule is COc1ccc(C(C)Nc2cnn(CCO)c2)cc1F. The van der Waals surface area contributed by atoms with Crippen LogP contribution in [0.4, 0.5) is 10.1 Å². The molecule has 0 saturated heterocycles. The van der Waals surface area contributed by atoms with E-state index in [9.17, 15) is 4.39 Å². The highest BCUT2D eigenvalue weighted by atomic mass is 19.1. The molecule has 1 atom stereocenters. The molecule has 2 rings (SSSR count). The average molecular weight is 279 g/mol. The standard InChI is InChI=1S/C14H18FN3O2/c1-10(11-3-4-14(20-2)13(15)7-11)17-12-8-16-18(9-12)5-6-19/h3-4,7-10,17,19H,5-6H2,1-2H3. The van der Waals surface area contributed by atoms with Gasteiger partial charge < -0.3 is 15.2 Å². The topological polar surface area (TPSA) is 59.3 Å². The van der Waals surface area contributed by atoms with Crippen molar-refractivity contribution in [2.24, 2.45) is 0 Å². The summed E-state index contributed by atoms with van der Waals surface area (Å²) in [6.45, 7) is 2.43. The number of anilines is 1. The number of aromatic nitrogens is 2. The van der Waals surface area contributed by atoms with Crippen LogP contribution in [-0.2, 0) is 6.54 Å². The number of aliphatic hydroxyl groups excluding tert-OH is 1. The van der Waals surface area contributed by atoms with Gasteiger partial charge in [0.2, 0.25) is 0 Å². The average Bonchev–Trinajstić information content (AvgIpc) is 2.86. The summed E-state index contributed by atoms with van der Waals surface area (Å²) in [7, 11) is 1.44. The Morgan fingerprint density at radius 3 is 2.95 bits per heavy atom. The maximum Gasteiger partial charge on any atom is 0.165 e. The van der Waals surface area contributed by atoms with Gasteiger partial charge in [-0.1, -0.05) is 6.07 Å². The van der Waals surface area contributed by atoms with Gasteiger partial charge in [0.15, 0.2) is 11.6 Å². The molecule has 6 heteroatoms. The highest BCUT2D eigenvalue weighted by molar-refractivity contribution is 5.42. The van der Waals surface area contributed by atoms with E-state index in [-0.39, 0.29) is 24.2 Å². The minimum absolute atomic E-state index is 0.0420. The van der Waals surface area contributed by atoms with E-state index in [2.05, 4.69) is 10.4 Å². The first-order valence-corrected chi connectivity index (χ1v) is 6.37. The highest BCUT2D eigenvalue weighted by Gasteiger charge is 2.10. The fourth-order valence-electron chi connectivity index (χ4n) is 1.95. The van der Waals surface area contributed by atoms with E-state index in [1.165, 1.54) is 13.2 Å². The van der Waals surface area contributed by atoms with Gasteiger partial charge in [0.25, 0.3) is 0 Å². The van der Waals surface area contributed by atoms with Crippen molar-refractivity contribution in [1.29, 1.82) is 0 Å². The van der Waals surface area contributed by atoms with Crippen LogP contribution in [0.15, 0.2) is 30.6 Å². The number of methoxy groups -OCH3 is 1. The number of aliphatic hydroxyl groups is 1. The van der Waals surface area contributed by atoms with Crippen LogP contribution >= 0.6 is 0 Å². The smallest absolute Gasteiger partial charge is 0.165 e. The third kappa shape index (κ3) is 3.27. The van der Waals surface area contributed by atoms with E-state index in [4.69, 9.17) is 9.84 Å². The van der Waals surface area contributed by atoms with Crippen LogP contribution in [0.25, 0.3) is 0 Å². The molecule has 108 valence electrons. The summed E-state index contributed by atoms with van der Waals surface area (Å²) in [6.07, 6.45) is 3.47. The molecule has 0 amide bonds. The molecule has 0 aliphatic heterocycles. The zero-order chi connectivity index (χ0) is 14.5. The predicted molar refractivity (Wildman–Crippen MR) is 74.3 cm³/mol. The molecule has 1 heterocycles. The number of halogens is 1. The Morgan fingerprint density at radius 1 is 1.50 bits per heavy atom. The summed E-state index contributed by atoms with van der Waals surface area (Å²) < 4.78 is 20.2. The lowest BCUT2D eigenvalue weighted by Gasteiger charge is -2.15. The lowest BCUT2D eigenvalue weighted by Crippen LogP contribution is -2.07. The lowest BCUT2D eigenvalue weighted by molar-refractivity contribution is 0.269. The molecule has 20 heavy (non-hydrogen) atoms. The van der Waals surface area contributed by atoms with Crippen LogP contribution in [0.3, 0.4) is 0 Å². The van der Waals surface area contributed by atoms with Gasteiger partial charge in [-0.25, -0.2) is 4.39 Å². The highest BCUT2D eigenvalue weighted by Crippen LogP contribution is 2.24. The first kappa shape index (κ1) is 14.3. The van der Waals surface area contributed by atoms with Crippen LogP contribution in [0.2, 0.25) is 0 Å². The monoisotopic (exact) mass is 279 g/mol. The zero-order valence-electron chi connectivity index (χ0n) is 11.5. The molecule has 0 radical (unpaired) electrons. The second-order valence-electron chi connectivity index (χ2n) is 4.48. The van der Waals surface area contributed by atoms with Crippen molar-refractivity contribution in [1.82, 2.24) is 9.78 Å². The van der Waals surface area contributed by atoms with Crippen LogP contribution < -0.4 is 10.1 Å². The van der Waals surface area contributed by atoms with Crippen LogP contribution in [0.1, 0.15) is 18.5 Å². The van der Waals surface area contributed by atoms with Gasteiger partial charge in [0.1, 0.15) is 0 Å². The fraction of sp³-hybridized carbons (Fsp3) is 0.357. The zero-order valence-corrected chi connectivity index (χ0v) is 11.5. The normalized spacial score (nSPS) is 12.2. The van der Waals surface area contributed by atoms with Gasteiger partial charge in [-0.05, 0) is 24.6 Å². The molecule has 2 aromatic rings. The number of ether oxygens (including phenoxy) is 1. The number of hydrogen-bond donors (Lipinski definition) is 2. The Hall–Kier alpha value is -2.08. The summed E-state index contributed by atoms with van der Waals surface area (Å²) >= 11 is 0. The van der Waals surface area contributed by atoms with E-state index in [1.54, 1.807) is 23.1 Å². The summed E-state index contributed by atoms with van der Waals surface area (Å²) in [5.41, 5.74) is 1.64. The number of nitrogens with one attached hydrogen (secondary N) is 1. The molecule has 1 aromatic carbocycles. The summed E-state index contributed by atoms with van der Waals surface area (Å²) in [4.78, 5) is 0. The maximum absolute atomic E-state index is 13.7. The molecule has 1 unspecified atom stereocenters. The van der Waals surface area contributed by atoms with Gasteiger partial charge in [-0.15, -0.1) is 0 Å². The number of benzene rings is 1. The van der Waals surface area contributed by atoms with Crippen LogP contribution in [-0.4, -0.2) is 28.6 Å². The molecule has 0 aliphatic carbocycles. The van der Waals surface area contributed by atoms with Crippen molar-refractivity contribution in [2.75, 3.05) is 19.0 Å². The Labute approximate surface area is 117 Å². The Kier molecular flexibility index (Phi) is 4.57. The predicted octanol–water partition coefficient (Wildman–Crippen LogP) is 2.20. The van der Waals surface area contributed by atoms with E-state index in [0.717, 1.165) is 11.3 Å². The van der Waals surface area contributed by atoms with Crippen molar-refractivity contribution in [3.63, 3.8) is 0 Å². The largest absolute Gasteiger partial charge is 0.494 e. The minimum atomic E-state index is -0.380. The van der Waals surface area contributed by atoms with E-state index in [1.807, 2.05) is 13.0 Å². The van der Waals surface area contributed by atoms with Crippen molar-refractivity contribution < 1.29 is 14.2 Å². The maximum atomic E-state index is 13.7. The van der Waals surface area contributed by atoms with Crippen LogP contribution in [0, 0.1) is 5.82 Å². The van der Waals surface area contributed by atoms with Gasteiger partial charge >= 0.3 is 0 Å². The Bertz CT molecular complexity index is 571. The first-order valence-electron chi connectivity index (χ1n) is 6.37. The van der Waals surface area contributed by atoms with E-state index >= 15 is 0 Å². The molecule has 2 N–H and O–H groups in total. The molecule has 0 fully saturated rings. The van der Waals surface area contributed by atoms with E-state index < -0.39 is 0 Å². The summed E-state index contributed by atoms with van der Waals surface area (Å²) in [5, 5.41) is 16.2. The van der Waals surface area contributed by atoms with Crippen molar-refractivity contribution in [2.45, 2.75) is 19.5 Å².